The Balaban J connectivity index is 1.70. The number of rotatable bonds is 5. The van der Waals surface area contributed by atoms with Crippen molar-refractivity contribution in [3.63, 3.8) is 0 Å². The fourth-order valence-corrected chi connectivity index (χ4v) is 4.42. The normalized spacial score (nSPS) is 13.7. The summed E-state index contributed by atoms with van der Waals surface area (Å²) in [4.78, 5) is 2.86. The average Bonchev–Trinajstić information content (AvgIpc) is 3.13. The fourth-order valence-electron chi connectivity index (χ4n) is 2.48. The molecule has 0 spiro atoms. The SMILES string of the molecule is CC(NCC(C)(C)c1cccs1)c1cc2ccccc2s1. The molecule has 2 aromatic heterocycles. The van der Waals surface area contributed by atoms with Crippen LogP contribution in [0.1, 0.15) is 36.6 Å². The standard InChI is InChI=1S/C18H21NS2/c1-13(16-11-14-7-4-5-8-15(14)21-16)19-12-18(2,3)17-9-6-10-20-17/h4-11,13,19H,12H2,1-3H3. The van der Waals surface area contributed by atoms with Crippen molar-refractivity contribution in [2.24, 2.45) is 0 Å². The summed E-state index contributed by atoms with van der Waals surface area (Å²) < 4.78 is 1.37. The molecule has 1 unspecified atom stereocenters. The number of thiophene rings is 2. The second kappa shape index (κ2) is 5.91. The van der Waals surface area contributed by atoms with E-state index in [0.29, 0.717) is 6.04 Å². The molecule has 0 aliphatic rings. The highest BCUT2D eigenvalue weighted by atomic mass is 32.1. The Hall–Kier alpha value is -1.16. The Morgan fingerprint density at radius 2 is 1.95 bits per heavy atom. The number of hydrogen-bond acceptors (Lipinski definition) is 3. The van der Waals surface area contributed by atoms with Crippen molar-refractivity contribution >= 4 is 32.8 Å². The van der Waals surface area contributed by atoms with Crippen molar-refractivity contribution in [3.05, 3.63) is 57.6 Å². The van der Waals surface area contributed by atoms with Gasteiger partial charge in [0, 0.05) is 32.5 Å². The van der Waals surface area contributed by atoms with Crippen LogP contribution in [0.15, 0.2) is 47.8 Å². The van der Waals surface area contributed by atoms with Crippen LogP contribution in [0.3, 0.4) is 0 Å². The molecule has 3 aromatic rings. The van der Waals surface area contributed by atoms with Gasteiger partial charge >= 0.3 is 0 Å². The van der Waals surface area contributed by atoms with Crippen molar-refractivity contribution in [2.45, 2.75) is 32.2 Å². The molecular weight excluding hydrogens is 294 g/mol. The predicted octanol–water partition coefficient (Wildman–Crippen LogP) is 5.59. The summed E-state index contributed by atoms with van der Waals surface area (Å²) in [6, 6.07) is 15.7. The molecule has 0 radical (unpaired) electrons. The molecule has 0 saturated heterocycles. The number of hydrogen-bond donors (Lipinski definition) is 1. The van der Waals surface area contributed by atoms with E-state index >= 15 is 0 Å². The van der Waals surface area contributed by atoms with Gasteiger partial charge in [-0.25, -0.2) is 0 Å². The van der Waals surface area contributed by atoms with Crippen LogP contribution in [0.2, 0.25) is 0 Å². The smallest absolute Gasteiger partial charge is 0.0386 e. The fraction of sp³-hybridized carbons (Fsp3) is 0.333. The summed E-state index contributed by atoms with van der Waals surface area (Å²) in [5, 5.41) is 7.22. The van der Waals surface area contributed by atoms with Crippen molar-refractivity contribution < 1.29 is 0 Å². The molecule has 2 heterocycles. The largest absolute Gasteiger partial charge is 0.309 e. The lowest BCUT2D eigenvalue weighted by molar-refractivity contribution is 0.444. The van der Waals surface area contributed by atoms with Gasteiger partial charge in [-0.1, -0.05) is 38.1 Å². The molecule has 1 atom stereocenters. The van der Waals surface area contributed by atoms with Crippen molar-refractivity contribution in [1.82, 2.24) is 5.32 Å². The first kappa shape index (κ1) is 14.8. The lowest BCUT2D eigenvalue weighted by atomic mass is 9.91. The van der Waals surface area contributed by atoms with Crippen LogP contribution in [0.25, 0.3) is 10.1 Å². The van der Waals surface area contributed by atoms with Gasteiger partial charge in [0.25, 0.3) is 0 Å². The minimum Gasteiger partial charge on any atom is -0.309 e. The molecule has 0 aliphatic carbocycles. The Morgan fingerprint density at radius 1 is 1.14 bits per heavy atom. The predicted molar refractivity (Wildman–Crippen MR) is 95.6 cm³/mol. The lowest BCUT2D eigenvalue weighted by Gasteiger charge is -2.26. The van der Waals surface area contributed by atoms with Gasteiger partial charge in [-0.05, 0) is 35.9 Å². The first-order valence-electron chi connectivity index (χ1n) is 7.32. The monoisotopic (exact) mass is 315 g/mol. The van der Waals surface area contributed by atoms with Crippen molar-refractivity contribution in [1.29, 1.82) is 0 Å². The Bertz CT molecular complexity index is 677. The minimum atomic E-state index is 0.180. The van der Waals surface area contributed by atoms with Gasteiger partial charge in [-0.3, -0.25) is 0 Å². The maximum Gasteiger partial charge on any atom is 0.0386 e. The van der Waals surface area contributed by atoms with Gasteiger partial charge in [-0.15, -0.1) is 22.7 Å². The first-order chi connectivity index (χ1) is 10.1. The maximum absolute atomic E-state index is 3.71. The zero-order valence-corrected chi connectivity index (χ0v) is 14.4. The Labute approximate surface area is 134 Å². The number of benzene rings is 1. The first-order valence-corrected chi connectivity index (χ1v) is 9.02. The molecule has 1 nitrogen and oxygen atoms in total. The summed E-state index contributed by atoms with van der Waals surface area (Å²) in [6.45, 7) is 7.87. The third-order valence-electron chi connectivity index (χ3n) is 3.91. The van der Waals surface area contributed by atoms with Gasteiger partial charge in [0.2, 0.25) is 0 Å². The van der Waals surface area contributed by atoms with Crippen molar-refractivity contribution in [2.75, 3.05) is 6.54 Å². The summed E-state index contributed by atoms with van der Waals surface area (Å²) in [6.07, 6.45) is 0. The van der Waals surface area contributed by atoms with Crippen LogP contribution < -0.4 is 5.32 Å². The average molecular weight is 316 g/mol. The van der Waals surface area contributed by atoms with Crippen LogP contribution >= 0.6 is 22.7 Å². The third kappa shape index (κ3) is 3.20. The van der Waals surface area contributed by atoms with Gasteiger partial charge < -0.3 is 5.32 Å². The molecule has 1 N–H and O–H groups in total. The van der Waals surface area contributed by atoms with E-state index in [1.807, 2.05) is 22.7 Å². The Morgan fingerprint density at radius 3 is 2.67 bits per heavy atom. The van der Waals surface area contributed by atoms with Crippen LogP contribution in [0.4, 0.5) is 0 Å². The summed E-state index contributed by atoms with van der Waals surface area (Å²) in [5.74, 6) is 0. The minimum absolute atomic E-state index is 0.180. The molecule has 3 rings (SSSR count). The second-order valence-electron chi connectivity index (χ2n) is 6.15. The third-order valence-corrected chi connectivity index (χ3v) is 6.44. The molecule has 110 valence electrons. The van der Waals surface area contributed by atoms with Gasteiger partial charge in [-0.2, -0.15) is 0 Å². The van der Waals surface area contributed by atoms with E-state index in [1.165, 1.54) is 19.8 Å². The van der Waals surface area contributed by atoms with E-state index < -0.39 is 0 Å². The zero-order chi connectivity index (χ0) is 14.9. The molecule has 3 heteroatoms. The highest BCUT2D eigenvalue weighted by Gasteiger charge is 2.22. The van der Waals surface area contributed by atoms with Crippen LogP contribution in [-0.2, 0) is 5.41 Å². The van der Waals surface area contributed by atoms with E-state index in [9.17, 15) is 0 Å². The number of nitrogens with one attached hydrogen (secondary N) is 1. The van der Waals surface area contributed by atoms with E-state index in [2.05, 4.69) is 73.9 Å². The molecular formula is C18H21NS2. The molecule has 0 saturated carbocycles. The van der Waals surface area contributed by atoms with Crippen molar-refractivity contribution in [3.8, 4) is 0 Å². The van der Waals surface area contributed by atoms with E-state index in [-0.39, 0.29) is 5.41 Å². The summed E-state index contributed by atoms with van der Waals surface area (Å²) in [5.41, 5.74) is 0.180. The van der Waals surface area contributed by atoms with E-state index in [0.717, 1.165) is 6.54 Å². The molecule has 0 bridgehead atoms. The lowest BCUT2D eigenvalue weighted by Crippen LogP contribution is -2.33. The maximum atomic E-state index is 3.71. The molecule has 0 aliphatic heterocycles. The van der Waals surface area contributed by atoms with Crippen LogP contribution in [0, 0.1) is 0 Å². The number of fused-ring (bicyclic) bond motifs is 1. The second-order valence-corrected chi connectivity index (χ2v) is 8.21. The highest BCUT2D eigenvalue weighted by molar-refractivity contribution is 7.19. The van der Waals surface area contributed by atoms with Gasteiger partial charge in [0.15, 0.2) is 0 Å². The zero-order valence-electron chi connectivity index (χ0n) is 12.7. The highest BCUT2D eigenvalue weighted by Crippen LogP contribution is 2.31. The van der Waals surface area contributed by atoms with Crippen LogP contribution in [0.5, 0.6) is 0 Å². The van der Waals surface area contributed by atoms with Crippen LogP contribution in [-0.4, -0.2) is 6.54 Å². The topological polar surface area (TPSA) is 12.0 Å². The van der Waals surface area contributed by atoms with E-state index in [4.69, 9.17) is 0 Å². The molecule has 21 heavy (non-hydrogen) atoms. The molecule has 1 aromatic carbocycles. The van der Waals surface area contributed by atoms with Gasteiger partial charge in [0.1, 0.15) is 0 Å². The molecule has 0 amide bonds. The summed E-state index contributed by atoms with van der Waals surface area (Å²) >= 11 is 3.74. The van der Waals surface area contributed by atoms with Gasteiger partial charge in [0.05, 0.1) is 0 Å². The Kier molecular flexibility index (Phi) is 4.16. The molecule has 0 fully saturated rings. The quantitative estimate of drug-likeness (QED) is 0.647. The van der Waals surface area contributed by atoms with E-state index in [1.54, 1.807) is 0 Å². The summed E-state index contributed by atoms with van der Waals surface area (Å²) in [7, 11) is 0.